The Morgan fingerprint density at radius 3 is 2.40 bits per heavy atom. The summed E-state index contributed by atoms with van der Waals surface area (Å²) in [7, 11) is -3.81. The number of hydrogen-bond acceptors (Lipinski definition) is 3. The number of halogens is 3. The summed E-state index contributed by atoms with van der Waals surface area (Å²) in [5.41, 5.74) is 6.30. The molecule has 2 rings (SSSR count). The number of sulfonamides is 1. The van der Waals surface area contributed by atoms with Crippen molar-refractivity contribution in [2.75, 3.05) is 10.5 Å². The van der Waals surface area contributed by atoms with Crippen LogP contribution in [-0.2, 0) is 10.0 Å². The highest BCUT2D eigenvalue weighted by Gasteiger charge is 2.19. The highest BCUT2D eigenvalue weighted by Crippen LogP contribution is 2.30. The minimum atomic E-state index is -3.81. The summed E-state index contributed by atoms with van der Waals surface area (Å²) >= 11 is 15.0. The smallest absolute Gasteiger partial charge is 0.263 e. The first-order valence-electron chi connectivity index (χ1n) is 5.32. The van der Waals surface area contributed by atoms with Crippen LogP contribution in [0.3, 0.4) is 0 Å². The maximum Gasteiger partial charge on any atom is 0.263 e. The zero-order valence-corrected chi connectivity index (χ0v) is 13.8. The van der Waals surface area contributed by atoms with Gasteiger partial charge in [0.05, 0.1) is 10.7 Å². The van der Waals surface area contributed by atoms with E-state index in [2.05, 4.69) is 20.7 Å². The molecule has 8 heteroatoms. The van der Waals surface area contributed by atoms with Crippen molar-refractivity contribution < 1.29 is 8.42 Å². The fourth-order valence-electron chi connectivity index (χ4n) is 1.51. The predicted octanol–water partition coefficient (Wildman–Crippen LogP) is 4.14. The summed E-state index contributed by atoms with van der Waals surface area (Å²) in [6.07, 6.45) is 0. The van der Waals surface area contributed by atoms with Crippen molar-refractivity contribution in [2.45, 2.75) is 4.90 Å². The van der Waals surface area contributed by atoms with Crippen molar-refractivity contribution in [3.05, 3.63) is 50.9 Å². The standard InChI is InChI=1S/C12H9BrCl2N2O2S/c13-9-5-7(14)1-3-11(9)17-20(18,19)12-4-2-8(16)6-10(12)15/h1-6,17H,16H2. The van der Waals surface area contributed by atoms with E-state index in [0.29, 0.717) is 20.9 Å². The van der Waals surface area contributed by atoms with Gasteiger partial charge in [0.2, 0.25) is 0 Å². The fourth-order valence-corrected chi connectivity index (χ4v) is 4.05. The van der Waals surface area contributed by atoms with Crippen LogP contribution in [0.2, 0.25) is 10.0 Å². The van der Waals surface area contributed by atoms with Gasteiger partial charge in [-0.1, -0.05) is 23.2 Å². The molecule has 0 aliphatic heterocycles. The molecule has 2 aromatic rings. The minimum Gasteiger partial charge on any atom is -0.399 e. The van der Waals surface area contributed by atoms with E-state index in [1.165, 1.54) is 18.2 Å². The zero-order chi connectivity index (χ0) is 14.9. The number of nitrogens with one attached hydrogen (secondary N) is 1. The number of rotatable bonds is 3. The highest BCUT2D eigenvalue weighted by atomic mass is 79.9. The van der Waals surface area contributed by atoms with Crippen LogP contribution >= 0.6 is 39.1 Å². The summed E-state index contributed by atoms with van der Waals surface area (Å²) in [5.74, 6) is 0. The molecule has 0 aliphatic rings. The van der Waals surface area contributed by atoms with Gasteiger partial charge < -0.3 is 5.73 Å². The molecule has 2 aromatic carbocycles. The van der Waals surface area contributed by atoms with Crippen molar-refractivity contribution in [3.63, 3.8) is 0 Å². The van der Waals surface area contributed by atoms with Gasteiger partial charge in [-0.3, -0.25) is 4.72 Å². The maximum absolute atomic E-state index is 12.3. The molecule has 20 heavy (non-hydrogen) atoms. The van der Waals surface area contributed by atoms with E-state index in [1.807, 2.05) is 0 Å². The average Bonchev–Trinajstić information content (AvgIpc) is 2.32. The molecule has 0 unspecified atom stereocenters. The Balaban J connectivity index is 2.41. The molecule has 0 aromatic heterocycles. The Labute approximate surface area is 135 Å². The Morgan fingerprint density at radius 2 is 1.80 bits per heavy atom. The third-order valence-electron chi connectivity index (χ3n) is 2.42. The van der Waals surface area contributed by atoms with Crippen LogP contribution in [-0.4, -0.2) is 8.42 Å². The second-order valence-electron chi connectivity index (χ2n) is 3.92. The van der Waals surface area contributed by atoms with Crippen LogP contribution in [0, 0.1) is 0 Å². The number of benzene rings is 2. The first-order chi connectivity index (χ1) is 9.29. The molecule has 0 saturated heterocycles. The molecule has 0 aliphatic carbocycles. The molecule has 0 saturated carbocycles. The topological polar surface area (TPSA) is 72.2 Å². The van der Waals surface area contributed by atoms with Gasteiger partial charge in [-0.05, 0) is 52.3 Å². The Bertz CT molecular complexity index is 766. The molecular weight excluding hydrogens is 387 g/mol. The molecule has 0 heterocycles. The van der Waals surface area contributed by atoms with Gasteiger partial charge in [0.15, 0.2) is 0 Å². The lowest BCUT2D eigenvalue weighted by molar-refractivity contribution is 0.601. The number of anilines is 2. The van der Waals surface area contributed by atoms with Gasteiger partial charge in [-0.2, -0.15) is 0 Å². The van der Waals surface area contributed by atoms with Crippen LogP contribution in [0.15, 0.2) is 45.8 Å². The van der Waals surface area contributed by atoms with Gasteiger partial charge in [-0.15, -0.1) is 0 Å². The molecule has 0 amide bonds. The van der Waals surface area contributed by atoms with E-state index >= 15 is 0 Å². The van der Waals surface area contributed by atoms with Crippen molar-refractivity contribution in [1.82, 2.24) is 0 Å². The summed E-state index contributed by atoms with van der Waals surface area (Å²) in [4.78, 5) is -0.0461. The van der Waals surface area contributed by atoms with Gasteiger partial charge in [0, 0.05) is 15.2 Å². The molecule has 3 N–H and O–H groups in total. The zero-order valence-electron chi connectivity index (χ0n) is 9.90. The average molecular weight is 396 g/mol. The van der Waals surface area contributed by atoms with Crippen LogP contribution in [0.4, 0.5) is 11.4 Å². The quantitative estimate of drug-likeness (QED) is 0.767. The summed E-state index contributed by atoms with van der Waals surface area (Å²) in [6, 6.07) is 8.92. The van der Waals surface area contributed by atoms with Gasteiger partial charge >= 0.3 is 0 Å². The van der Waals surface area contributed by atoms with Crippen molar-refractivity contribution in [1.29, 1.82) is 0 Å². The Morgan fingerprint density at radius 1 is 1.10 bits per heavy atom. The predicted molar refractivity (Wildman–Crippen MR) is 85.8 cm³/mol. The van der Waals surface area contributed by atoms with Gasteiger partial charge in [0.1, 0.15) is 4.90 Å². The van der Waals surface area contributed by atoms with E-state index in [0.717, 1.165) is 0 Å². The van der Waals surface area contributed by atoms with Crippen LogP contribution in [0.25, 0.3) is 0 Å². The molecule has 0 atom stereocenters. The third-order valence-corrected chi connectivity index (χ3v) is 5.16. The number of nitrogen functional groups attached to an aromatic ring is 1. The van der Waals surface area contributed by atoms with Gasteiger partial charge in [-0.25, -0.2) is 8.42 Å². The van der Waals surface area contributed by atoms with Crippen molar-refractivity contribution in [2.24, 2.45) is 0 Å². The Hall–Kier alpha value is -0.950. The summed E-state index contributed by atoms with van der Waals surface area (Å²) < 4.78 is 27.5. The molecule has 0 bridgehead atoms. The monoisotopic (exact) mass is 394 g/mol. The first kappa shape index (κ1) is 15.4. The van der Waals surface area contributed by atoms with E-state index in [1.54, 1.807) is 18.2 Å². The second-order valence-corrected chi connectivity index (χ2v) is 7.27. The largest absolute Gasteiger partial charge is 0.399 e. The van der Waals surface area contributed by atoms with Crippen LogP contribution in [0.1, 0.15) is 0 Å². The molecular formula is C12H9BrCl2N2O2S. The maximum atomic E-state index is 12.3. The molecule has 0 radical (unpaired) electrons. The summed E-state index contributed by atoms with van der Waals surface area (Å²) in [6.45, 7) is 0. The molecule has 0 spiro atoms. The minimum absolute atomic E-state index is 0.0461. The lowest BCUT2D eigenvalue weighted by atomic mass is 10.3. The highest BCUT2D eigenvalue weighted by molar-refractivity contribution is 9.10. The van der Waals surface area contributed by atoms with E-state index in [-0.39, 0.29) is 9.92 Å². The lowest BCUT2D eigenvalue weighted by Crippen LogP contribution is -2.14. The number of hydrogen-bond donors (Lipinski definition) is 2. The second kappa shape index (κ2) is 5.81. The Kier molecular flexibility index (Phi) is 4.49. The molecule has 4 nitrogen and oxygen atoms in total. The van der Waals surface area contributed by atoms with Gasteiger partial charge in [0.25, 0.3) is 10.0 Å². The van der Waals surface area contributed by atoms with Crippen LogP contribution in [0.5, 0.6) is 0 Å². The molecule has 0 fully saturated rings. The van der Waals surface area contributed by atoms with Crippen molar-refractivity contribution >= 4 is 60.5 Å². The lowest BCUT2D eigenvalue weighted by Gasteiger charge is -2.11. The third kappa shape index (κ3) is 3.38. The van der Waals surface area contributed by atoms with E-state index in [9.17, 15) is 8.42 Å². The van der Waals surface area contributed by atoms with E-state index in [4.69, 9.17) is 28.9 Å². The van der Waals surface area contributed by atoms with Crippen LogP contribution < -0.4 is 10.5 Å². The summed E-state index contributed by atoms with van der Waals surface area (Å²) in [5, 5.41) is 0.549. The van der Waals surface area contributed by atoms with E-state index < -0.39 is 10.0 Å². The number of nitrogens with two attached hydrogens (primary N) is 1. The SMILES string of the molecule is Nc1ccc(S(=O)(=O)Nc2ccc(Cl)cc2Br)c(Cl)c1. The normalized spacial score (nSPS) is 11.3. The fraction of sp³-hybridized carbons (Fsp3) is 0. The first-order valence-corrected chi connectivity index (χ1v) is 8.36. The van der Waals surface area contributed by atoms with Crippen molar-refractivity contribution in [3.8, 4) is 0 Å². The molecule has 106 valence electrons.